The van der Waals surface area contributed by atoms with E-state index in [-0.39, 0.29) is 37.5 Å². The molecule has 0 heterocycles. The number of unbranched alkanes of at least 4 members (excludes halogenated alkanes) is 18. The lowest BCUT2D eigenvalue weighted by Crippen LogP contribution is -2.30. The average Bonchev–Trinajstić information content (AvgIpc) is 3.24. The van der Waals surface area contributed by atoms with E-state index in [1.807, 2.05) is 0 Å². The van der Waals surface area contributed by atoms with Crippen LogP contribution in [0.5, 0.6) is 0 Å². The number of allylic oxidation sites excluding steroid dienone is 14. The van der Waals surface area contributed by atoms with E-state index in [1.165, 1.54) is 57.8 Å². The number of carbonyl (C=O) groups excluding carboxylic acids is 3. The number of rotatable bonds is 43. The van der Waals surface area contributed by atoms with Gasteiger partial charge >= 0.3 is 17.9 Å². The molecule has 0 aliphatic carbocycles. The van der Waals surface area contributed by atoms with Gasteiger partial charge in [0.2, 0.25) is 0 Å². The Morgan fingerprint density at radius 3 is 1.12 bits per heavy atom. The van der Waals surface area contributed by atoms with Crippen molar-refractivity contribution in [1.82, 2.24) is 0 Å². The lowest BCUT2D eigenvalue weighted by molar-refractivity contribution is -0.167. The van der Waals surface area contributed by atoms with Crippen molar-refractivity contribution in [2.24, 2.45) is 0 Å². The smallest absolute Gasteiger partial charge is 0.306 e. The van der Waals surface area contributed by atoms with Crippen LogP contribution in [0, 0.1) is 0 Å². The van der Waals surface area contributed by atoms with Crippen molar-refractivity contribution >= 4 is 17.9 Å². The van der Waals surface area contributed by atoms with Crippen LogP contribution in [0.2, 0.25) is 0 Å². The molecule has 0 aromatic heterocycles. The minimum absolute atomic E-state index is 0.103. The van der Waals surface area contributed by atoms with Crippen LogP contribution in [0.25, 0.3) is 0 Å². The van der Waals surface area contributed by atoms with Gasteiger partial charge in [0.1, 0.15) is 13.2 Å². The highest BCUT2D eigenvalue weighted by molar-refractivity contribution is 5.71. The van der Waals surface area contributed by atoms with Gasteiger partial charge in [-0.25, -0.2) is 0 Å². The molecule has 0 fully saturated rings. The maximum atomic E-state index is 12.7. The van der Waals surface area contributed by atoms with Crippen molar-refractivity contribution in [2.75, 3.05) is 13.2 Å². The van der Waals surface area contributed by atoms with Crippen molar-refractivity contribution in [3.63, 3.8) is 0 Å². The summed E-state index contributed by atoms with van der Waals surface area (Å²) in [6, 6.07) is 0. The first-order valence-corrected chi connectivity index (χ1v) is 24.6. The van der Waals surface area contributed by atoms with Gasteiger partial charge in [0.15, 0.2) is 6.10 Å². The first kappa shape index (κ1) is 56.6. The number of hydrogen-bond acceptors (Lipinski definition) is 6. The number of carbonyl (C=O) groups is 3. The van der Waals surface area contributed by atoms with Crippen molar-refractivity contribution in [2.45, 2.75) is 226 Å². The molecule has 0 amide bonds. The van der Waals surface area contributed by atoms with Crippen molar-refractivity contribution in [3.05, 3.63) is 85.1 Å². The minimum Gasteiger partial charge on any atom is -0.462 e. The Balaban J connectivity index is 4.48. The Kier molecular flexibility index (Phi) is 45.5. The molecule has 6 nitrogen and oxygen atoms in total. The van der Waals surface area contributed by atoms with Crippen LogP contribution in [0.3, 0.4) is 0 Å². The zero-order valence-electron chi connectivity index (χ0n) is 38.9. The van der Waals surface area contributed by atoms with Gasteiger partial charge < -0.3 is 14.2 Å². The van der Waals surface area contributed by atoms with Gasteiger partial charge in [-0.2, -0.15) is 0 Å². The summed E-state index contributed by atoms with van der Waals surface area (Å²) in [5, 5.41) is 0. The summed E-state index contributed by atoms with van der Waals surface area (Å²) >= 11 is 0. The molecule has 0 N–H and O–H groups in total. The molecule has 0 saturated carbocycles. The van der Waals surface area contributed by atoms with Gasteiger partial charge in [-0.05, 0) is 109 Å². The molecule has 0 radical (unpaired) electrons. The monoisotopic (exact) mass is 835 g/mol. The number of esters is 3. The fraction of sp³-hybridized carbons (Fsp3) is 0.685. The highest BCUT2D eigenvalue weighted by Crippen LogP contribution is 2.12. The SMILES string of the molecule is CC/C=C\C/C=C\C/C=C\C/C=C\CCCCC(=O)OC(COC(=O)CCCCCCC/C=C\C/C=C\CCCCCC)COC(=O)CCCCCCC/C=C\CCCC. The highest BCUT2D eigenvalue weighted by Gasteiger charge is 2.19. The number of hydrogen-bond donors (Lipinski definition) is 0. The van der Waals surface area contributed by atoms with E-state index >= 15 is 0 Å². The zero-order valence-corrected chi connectivity index (χ0v) is 38.9. The molecule has 0 aromatic rings. The first-order valence-electron chi connectivity index (χ1n) is 24.6. The third-order valence-electron chi connectivity index (χ3n) is 10.1. The fourth-order valence-electron chi connectivity index (χ4n) is 6.38. The molecular formula is C54H90O6. The Hall–Kier alpha value is -3.41. The van der Waals surface area contributed by atoms with Gasteiger partial charge in [-0.1, -0.05) is 176 Å². The second kappa shape index (κ2) is 48.3. The van der Waals surface area contributed by atoms with E-state index in [4.69, 9.17) is 14.2 Å². The maximum Gasteiger partial charge on any atom is 0.306 e. The maximum absolute atomic E-state index is 12.7. The Labute approximate surface area is 369 Å². The molecule has 0 rings (SSSR count). The van der Waals surface area contributed by atoms with Crippen molar-refractivity contribution < 1.29 is 28.6 Å². The Bertz CT molecular complexity index is 1190. The molecule has 6 heteroatoms. The first-order chi connectivity index (χ1) is 29.5. The van der Waals surface area contributed by atoms with Gasteiger partial charge in [0.05, 0.1) is 0 Å². The predicted octanol–water partition coefficient (Wildman–Crippen LogP) is 16.0. The summed E-state index contributed by atoms with van der Waals surface area (Å²) in [6.45, 7) is 6.40. The number of ether oxygens (including phenoxy) is 3. The van der Waals surface area contributed by atoms with Gasteiger partial charge in [0, 0.05) is 19.3 Å². The molecule has 342 valence electrons. The van der Waals surface area contributed by atoms with E-state index in [0.717, 1.165) is 116 Å². The van der Waals surface area contributed by atoms with E-state index in [9.17, 15) is 14.4 Å². The molecule has 1 atom stereocenters. The van der Waals surface area contributed by atoms with Crippen LogP contribution >= 0.6 is 0 Å². The van der Waals surface area contributed by atoms with Crippen LogP contribution in [0.4, 0.5) is 0 Å². The highest BCUT2D eigenvalue weighted by atomic mass is 16.6. The lowest BCUT2D eigenvalue weighted by atomic mass is 10.1. The van der Waals surface area contributed by atoms with Crippen molar-refractivity contribution in [3.8, 4) is 0 Å². The molecule has 0 spiro atoms. The normalized spacial score (nSPS) is 12.8. The third kappa shape index (κ3) is 45.7. The Morgan fingerprint density at radius 1 is 0.350 bits per heavy atom. The van der Waals surface area contributed by atoms with Crippen LogP contribution in [-0.4, -0.2) is 37.2 Å². The molecule has 1 unspecified atom stereocenters. The molecule has 0 aliphatic heterocycles. The summed E-state index contributed by atoms with van der Waals surface area (Å²) in [7, 11) is 0. The van der Waals surface area contributed by atoms with Crippen molar-refractivity contribution in [1.29, 1.82) is 0 Å². The van der Waals surface area contributed by atoms with E-state index in [2.05, 4.69) is 106 Å². The van der Waals surface area contributed by atoms with Gasteiger partial charge in [-0.15, -0.1) is 0 Å². The Morgan fingerprint density at radius 2 is 0.667 bits per heavy atom. The summed E-state index contributed by atoms with van der Waals surface area (Å²) < 4.78 is 16.7. The van der Waals surface area contributed by atoms with Gasteiger partial charge in [0.25, 0.3) is 0 Å². The summed E-state index contributed by atoms with van der Waals surface area (Å²) in [5.41, 5.74) is 0. The van der Waals surface area contributed by atoms with Crippen LogP contribution in [-0.2, 0) is 28.6 Å². The molecular weight excluding hydrogens is 745 g/mol. The molecule has 60 heavy (non-hydrogen) atoms. The second-order valence-corrected chi connectivity index (χ2v) is 16.0. The van der Waals surface area contributed by atoms with E-state index in [1.54, 1.807) is 0 Å². The largest absolute Gasteiger partial charge is 0.462 e. The summed E-state index contributed by atoms with van der Waals surface area (Å²) in [5.74, 6) is -0.973. The summed E-state index contributed by atoms with van der Waals surface area (Å²) in [4.78, 5) is 37.9. The fourth-order valence-corrected chi connectivity index (χ4v) is 6.38. The van der Waals surface area contributed by atoms with Crippen LogP contribution in [0.1, 0.15) is 220 Å². The molecule has 0 aromatic carbocycles. The summed E-state index contributed by atoms with van der Waals surface area (Å²) in [6.07, 6.45) is 61.4. The van der Waals surface area contributed by atoms with Gasteiger partial charge in [-0.3, -0.25) is 14.4 Å². The second-order valence-electron chi connectivity index (χ2n) is 16.0. The molecule has 0 aliphatic rings. The topological polar surface area (TPSA) is 78.9 Å². The third-order valence-corrected chi connectivity index (χ3v) is 10.1. The average molecular weight is 835 g/mol. The van der Waals surface area contributed by atoms with Crippen LogP contribution < -0.4 is 0 Å². The molecule has 0 bridgehead atoms. The van der Waals surface area contributed by atoms with E-state index in [0.29, 0.717) is 19.3 Å². The lowest BCUT2D eigenvalue weighted by Gasteiger charge is -2.18. The minimum atomic E-state index is -0.806. The quantitative estimate of drug-likeness (QED) is 0.0263. The van der Waals surface area contributed by atoms with Crippen LogP contribution in [0.15, 0.2) is 85.1 Å². The predicted molar refractivity (Wildman–Crippen MR) is 256 cm³/mol. The standard InChI is InChI=1S/C54H90O6/c1-4-7-10-13-16-19-22-24-26-28-29-32-35-38-41-44-47-53(56)59-50-51(49-58-52(55)46-43-40-37-34-31-21-18-15-12-9-6-3)60-54(57)48-45-42-39-36-33-30-27-25-23-20-17-14-11-8-5-2/h8,11,15,17-20,22,25-28,33,36,51H,4-7,9-10,12-14,16,21,23-24,29-32,34-35,37-50H2,1-3H3/b11-8-,18-15-,20-17-,22-19-,27-25-,28-26-,36-33-. The zero-order chi connectivity index (χ0) is 43.7. The van der Waals surface area contributed by atoms with E-state index < -0.39 is 6.10 Å². The molecule has 0 saturated heterocycles.